The fraction of sp³-hybridized carbons (Fsp3) is 0.0833. The van der Waals surface area contributed by atoms with Crippen LogP contribution in [0.3, 0.4) is 0 Å². The molecule has 168 valence electrons. The smallest absolute Gasteiger partial charge is 0.266 e. The van der Waals surface area contributed by atoms with Crippen molar-refractivity contribution in [1.82, 2.24) is 0 Å². The Morgan fingerprint density at radius 1 is 1.06 bits per heavy atom. The average molecular weight is 630 g/mol. The molecule has 0 bridgehead atoms. The predicted molar refractivity (Wildman–Crippen MR) is 141 cm³/mol. The predicted octanol–water partition coefficient (Wildman–Crippen LogP) is 8.60. The van der Waals surface area contributed by atoms with E-state index < -0.39 is 5.91 Å². The van der Waals surface area contributed by atoms with Gasteiger partial charge >= 0.3 is 0 Å². The number of carbonyl (C=O) groups is 1. The van der Waals surface area contributed by atoms with Gasteiger partial charge in [-0.15, -0.1) is 0 Å². The van der Waals surface area contributed by atoms with Gasteiger partial charge < -0.3 is 10.1 Å². The van der Waals surface area contributed by atoms with E-state index in [0.29, 0.717) is 25.2 Å². The molecule has 0 spiro atoms. The van der Waals surface area contributed by atoms with Crippen molar-refractivity contribution in [3.05, 3.63) is 94.8 Å². The highest BCUT2D eigenvalue weighted by Gasteiger charge is 2.16. The summed E-state index contributed by atoms with van der Waals surface area (Å²) in [5.41, 5.74) is 2.66. The van der Waals surface area contributed by atoms with Gasteiger partial charge in [-0.2, -0.15) is 5.26 Å². The number of anilines is 1. The zero-order chi connectivity index (χ0) is 24.1. The molecule has 0 radical (unpaired) electrons. The third kappa shape index (κ3) is 6.53. The monoisotopic (exact) mass is 626 g/mol. The second kappa shape index (κ2) is 11.4. The standard InChI is InChI=1S/C24H15Br2Cl3N2O2/c1-13-6-17(25)22(18(26)7-13)31-24(32)16(11-30)8-14-9-20(28)23(21(29)10-14)33-12-15-4-2-3-5-19(15)27/h2-10H,12H2,1H3,(H,31,32)/b16-8+. The molecule has 0 aromatic heterocycles. The SMILES string of the molecule is Cc1cc(Br)c(NC(=O)/C(C#N)=C/c2cc(Cl)c(OCc3ccccc3Cl)c(Cl)c2)c(Br)c1. The molecule has 0 heterocycles. The third-order valence-corrected chi connectivity index (χ3v) is 6.63. The first-order valence-electron chi connectivity index (χ1n) is 9.43. The van der Waals surface area contributed by atoms with Crippen LogP contribution in [0, 0.1) is 18.3 Å². The normalized spacial score (nSPS) is 11.1. The van der Waals surface area contributed by atoms with E-state index >= 15 is 0 Å². The molecule has 0 unspecified atom stereocenters. The molecule has 0 atom stereocenters. The van der Waals surface area contributed by atoms with Crippen LogP contribution in [-0.2, 0) is 11.4 Å². The second-order valence-corrected chi connectivity index (χ2v) is 9.85. The van der Waals surface area contributed by atoms with E-state index in [9.17, 15) is 10.1 Å². The summed E-state index contributed by atoms with van der Waals surface area (Å²) in [5.74, 6) is -0.292. The number of benzene rings is 3. The molecule has 0 saturated heterocycles. The van der Waals surface area contributed by atoms with Crippen LogP contribution < -0.4 is 10.1 Å². The number of halogens is 5. The number of rotatable bonds is 6. The molecule has 1 N–H and O–H groups in total. The molecule has 0 aliphatic carbocycles. The molecule has 3 aromatic carbocycles. The van der Waals surface area contributed by atoms with Crippen LogP contribution in [0.15, 0.2) is 63.0 Å². The molecule has 0 fully saturated rings. The number of amides is 1. The maximum atomic E-state index is 12.7. The van der Waals surface area contributed by atoms with E-state index in [1.165, 1.54) is 6.08 Å². The average Bonchev–Trinajstić information content (AvgIpc) is 2.75. The molecule has 0 aliphatic rings. The summed E-state index contributed by atoms with van der Waals surface area (Å²) in [5, 5.41) is 13.3. The van der Waals surface area contributed by atoms with Crippen molar-refractivity contribution in [3.63, 3.8) is 0 Å². The number of aryl methyl sites for hydroxylation is 1. The number of ether oxygens (including phenoxy) is 1. The number of hydrogen-bond donors (Lipinski definition) is 1. The van der Waals surface area contributed by atoms with Crippen LogP contribution in [0.25, 0.3) is 6.08 Å². The summed E-state index contributed by atoms with van der Waals surface area (Å²) in [7, 11) is 0. The molecular formula is C24H15Br2Cl3N2O2. The van der Waals surface area contributed by atoms with Crippen molar-refractivity contribution in [3.8, 4) is 11.8 Å². The lowest BCUT2D eigenvalue weighted by molar-refractivity contribution is -0.112. The fourth-order valence-corrected chi connectivity index (χ4v) is 5.30. The maximum absolute atomic E-state index is 12.7. The highest BCUT2D eigenvalue weighted by molar-refractivity contribution is 9.11. The summed E-state index contributed by atoms with van der Waals surface area (Å²) in [6.07, 6.45) is 1.40. The Morgan fingerprint density at radius 3 is 2.24 bits per heavy atom. The summed E-state index contributed by atoms with van der Waals surface area (Å²) < 4.78 is 7.13. The largest absolute Gasteiger partial charge is 0.486 e. The number of nitrogens with zero attached hydrogens (tertiary/aromatic N) is 1. The molecule has 1 amide bonds. The fourth-order valence-electron chi connectivity index (χ4n) is 2.88. The first kappa shape index (κ1) is 25.6. The molecule has 0 saturated carbocycles. The van der Waals surface area contributed by atoms with Crippen molar-refractivity contribution in [2.75, 3.05) is 5.32 Å². The number of nitriles is 1. The Kier molecular flexibility index (Phi) is 8.86. The van der Waals surface area contributed by atoms with Crippen molar-refractivity contribution in [1.29, 1.82) is 5.26 Å². The van der Waals surface area contributed by atoms with Crippen LogP contribution in [0.2, 0.25) is 15.1 Å². The van der Waals surface area contributed by atoms with Gasteiger partial charge in [-0.05, 0) is 86.3 Å². The molecule has 4 nitrogen and oxygen atoms in total. The van der Waals surface area contributed by atoms with Crippen molar-refractivity contribution in [2.45, 2.75) is 13.5 Å². The lowest BCUT2D eigenvalue weighted by Crippen LogP contribution is -2.14. The molecule has 33 heavy (non-hydrogen) atoms. The highest BCUT2D eigenvalue weighted by atomic mass is 79.9. The minimum Gasteiger partial charge on any atom is -0.486 e. The first-order chi connectivity index (χ1) is 15.7. The topological polar surface area (TPSA) is 62.1 Å². The highest BCUT2D eigenvalue weighted by Crippen LogP contribution is 2.36. The minimum atomic E-state index is -0.575. The third-order valence-electron chi connectivity index (χ3n) is 4.45. The van der Waals surface area contributed by atoms with Crippen LogP contribution in [0.5, 0.6) is 5.75 Å². The second-order valence-electron chi connectivity index (χ2n) is 6.92. The van der Waals surface area contributed by atoms with Crippen LogP contribution in [0.4, 0.5) is 5.69 Å². The Labute approximate surface area is 223 Å². The number of carbonyl (C=O) groups excluding carboxylic acids is 1. The van der Waals surface area contributed by atoms with Crippen LogP contribution in [0.1, 0.15) is 16.7 Å². The van der Waals surface area contributed by atoms with Crippen molar-refractivity contribution in [2.24, 2.45) is 0 Å². The summed E-state index contributed by atoms with van der Waals surface area (Å²) in [6, 6.07) is 16.0. The Bertz CT molecular complexity index is 1260. The number of nitrogens with one attached hydrogen (secondary N) is 1. The van der Waals surface area contributed by atoms with E-state index in [0.717, 1.165) is 11.1 Å². The lowest BCUT2D eigenvalue weighted by Gasteiger charge is -2.12. The van der Waals surface area contributed by atoms with E-state index in [1.807, 2.05) is 43.3 Å². The molecule has 3 rings (SSSR count). The van der Waals surface area contributed by atoms with Gasteiger partial charge in [0.25, 0.3) is 5.91 Å². The first-order valence-corrected chi connectivity index (χ1v) is 12.2. The van der Waals surface area contributed by atoms with Gasteiger partial charge in [-0.25, -0.2) is 0 Å². The molecular weight excluding hydrogens is 614 g/mol. The van der Waals surface area contributed by atoms with E-state index in [2.05, 4.69) is 37.2 Å². The lowest BCUT2D eigenvalue weighted by atomic mass is 10.1. The minimum absolute atomic E-state index is 0.119. The molecule has 3 aromatic rings. The van der Waals surface area contributed by atoms with Gasteiger partial charge in [0.1, 0.15) is 18.2 Å². The van der Waals surface area contributed by atoms with Gasteiger partial charge in [0, 0.05) is 19.5 Å². The maximum Gasteiger partial charge on any atom is 0.266 e. The van der Waals surface area contributed by atoms with Gasteiger partial charge in [-0.1, -0.05) is 53.0 Å². The van der Waals surface area contributed by atoms with Gasteiger partial charge in [-0.3, -0.25) is 4.79 Å². The van der Waals surface area contributed by atoms with Crippen LogP contribution >= 0.6 is 66.7 Å². The quantitative estimate of drug-likeness (QED) is 0.220. The summed E-state index contributed by atoms with van der Waals surface area (Å²) in [6.45, 7) is 2.11. The van der Waals surface area contributed by atoms with Gasteiger partial charge in [0.2, 0.25) is 0 Å². The molecule has 9 heteroatoms. The molecule has 0 aliphatic heterocycles. The number of hydrogen-bond acceptors (Lipinski definition) is 3. The summed E-state index contributed by atoms with van der Waals surface area (Å²) in [4.78, 5) is 12.7. The van der Waals surface area contributed by atoms with Gasteiger partial charge in [0.15, 0.2) is 5.75 Å². The Hall–Kier alpha value is -2.01. The van der Waals surface area contributed by atoms with Crippen LogP contribution in [-0.4, -0.2) is 5.91 Å². The van der Waals surface area contributed by atoms with Crippen molar-refractivity contribution < 1.29 is 9.53 Å². The van der Waals surface area contributed by atoms with Gasteiger partial charge in [0.05, 0.1) is 15.7 Å². The van der Waals surface area contributed by atoms with Crippen molar-refractivity contribution >= 4 is 84.3 Å². The van der Waals surface area contributed by atoms with E-state index in [-0.39, 0.29) is 28.0 Å². The zero-order valence-electron chi connectivity index (χ0n) is 17.1. The zero-order valence-corrected chi connectivity index (χ0v) is 22.5. The Balaban J connectivity index is 1.82. The van der Waals surface area contributed by atoms with E-state index in [4.69, 9.17) is 39.5 Å². The summed E-state index contributed by atoms with van der Waals surface area (Å²) >= 11 is 25.7. The van der Waals surface area contributed by atoms with E-state index in [1.54, 1.807) is 18.2 Å². The Morgan fingerprint density at radius 2 is 1.67 bits per heavy atom.